The van der Waals surface area contributed by atoms with E-state index in [9.17, 15) is 4.79 Å². The van der Waals surface area contributed by atoms with E-state index in [1.165, 1.54) is 5.56 Å². The summed E-state index contributed by atoms with van der Waals surface area (Å²) in [6.07, 6.45) is 2.52. The van der Waals surface area contributed by atoms with Gasteiger partial charge in [0, 0.05) is 17.9 Å². The van der Waals surface area contributed by atoms with Crippen LogP contribution in [0.15, 0.2) is 35.0 Å². The molecule has 0 bridgehead atoms. The van der Waals surface area contributed by atoms with Crippen molar-refractivity contribution in [3.05, 3.63) is 46.2 Å². The lowest BCUT2D eigenvalue weighted by Gasteiger charge is -2.29. The van der Waals surface area contributed by atoms with Gasteiger partial charge in [-0.25, -0.2) is 0 Å². The van der Waals surface area contributed by atoms with Crippen LogP contribution in [0.2, 0.25) is 0 Å². The summed E-state index contributed by atoms with van der Waals surface area (Å²) in [5, 5.41) is 4.03. The molecule has 98 valence electrons. The first kappa shape index (κ1) is 12.2. The second kappa shape index (κ2) is 5.05. The van der Waals surface area contributed by atoms with Gasteiger partial charge in [0.1, 0.15) is 0 Å². The fourth-order valence-electron chi connectivity index (χ4n) is 2.51. The van der Waals surface area contributed by atoms with Crippen molar-refractivity contribution in [1.82, 2.24) is 0 Å². The van der Waals surface area contributed by atoms with Crippen molar-refractivity contribution in [1.29, 1.82) is 0 Å². The van der Waals surface area contributed by atoms with Crippen molar-refractivity contribution in [2.45, 2.75) is 19.3 Å². The van der Waals surface area contributed by atoms with Gasteiger partial charge in [-0.1, -0.05) is 6.07 Å². The number of thiophene rings is 1. The van der Waals surface area contributed by atoms with Crippen molar-refractivity contribution in [2.24, 2.45) is 0 Å². The molecule has 0 saturated heterocycles. The highest BCUT2D eigenvalue weighted by atomic mass is 32.1. The zero-order chi connectivity index (χ0) is 13.2. The maximum absolute atomic E-state index is 12.4. The third kappa shape index (κ3) is 2.49. The van der Waals surface area contributed by atoms with Crippen LogP contribution in [0.4, 0.5) is 11.4 Å². The van der Waals surface area contributed by atoms with Gasteiger partial charge in [-0.05, 0) is 52.9 Å². The highest BCUT2D eigenvalue weighted by Gasteiger charge is 2.22. The van der Waals surface area contributed by atoms with Gasteiger partial charge in [-0.15, -0.1) is 0 Å². The molecular formula is C15H16N2OS. The highest BCUT2D eigenvalue weighted by Crippen LogP contribution is 2.29. The van der Waals surface area contributed by atoms with Crippen LogP contribution in [-0.2, 0) is 17.6 Å². The number of nitrogens with zero attached hydrogens (tertiary/aromatic N) is 1. The normalized spacial score (nSPS) is 14.2. The van der Waals surface area contributed by atoms with Crippen molar-refractivity contribution in [3.8, 4) is 0 Å². The predicted octanol–water partition coefficient (Wildman–Crippen LogP) is 2.85. The first-order valence-electron chi connectivity index (χ1n) is 6.44. The fraction of sp³-hybridized carbons (Fsp3) is 0.267. The molecule has 3 rings (SSSR count). The molecule has 1 aromatic heterocycles. The standard InChI is InChI=1S/C15H16N2OS/c16-13-4-3-12-2-1-6-17(14(12)9-13)15(18)8-11-5-7-19-10-11/h3-5,7,9-10H,1-2,6,8,16H2. The molecule has 2 heterocycles. The smallest absolute Gasteiger partial charge is 0.231 e. The summed E-state index contributed by atoms with van der Waals surface area (Å²) in [6.45, 7) is 0.791. The number of rotatable bonds is 2. The molecule has 0 unspecified atom stereocenters. The summed E-state index contributed by atoms with van der Waals surface area (Å²) >= 11 is 1.63. The van der Waals surface area contributed by atoms with Crippen LogP contribution < -0.4 is 10.6 Å². The summed E-state index contributed by atoms with van der Waals surface area (Å²) < 4.78 is 0. The monoisotopic (exact) mass is 272 g/mol. The Labute approximate surface area is 116 Å². The minimum absolute atomic E-state index is 0.157. The topological polar surface area (TPSA) is 46.3 Å². The lowest BCUT2D eigenvalue weighted by Crippen LogP contribution is -2.36. The van der Waals surface area contributed by atoms with Crippen LogP contribution in [0.5, 0.6) is 0 Å². The zero-order valence-electron chi connectivity index (χ0n) is 10.6. The van der Waals surface area contributed by atoms with E-state index < -0.39 is 0 Å². The average Bonchev–Trinajstić information content (AvgIpc) is 2.90. The van der Waals surface area contributed by atoms with E-state index in [2.05, 4.69) is 0 Å². The largest absolute Gasteiger partial charge is 0.399 e. The molecule has 0 radical (unpaired) electrons. The van der Waals surface area contributed by atoms with E-state index in [0.29, 0.717) is 12.1 Å². The molecule has 4 heteroatoms. The molecule has 1 aliphatic rings. The summed E-state index contributed by atoms with van der Waals surface area (Å²) in [4.78, 5) is 14.3. The minimum Gasteiger partial charge on any atom is -0.399 e. The molecule has 0 saturated carbocycles. The molecule has 2 aromatic rings. The van der Waals surface area contributed by atoms with E-state index in [0.717, 1.165) is 30.6 Å². The fourth-order valence-corrected chi connectivity index (χ4v) is 3.18. The number of anilines is 2. The van der Waals surface area contributed by atoms with Gasteiger partial charge < -0.3 is 10.6 Å². The van der Waals surface area contributed by atoms with Crippen LogP contribution >= 0.6 is 11.3 Å². The van der Waals surface area contributed by atoms with Crippen LogP contribution in [0.25, 0.3) is 0 Å². The molecule has 19 heavy (non-hydrogen) atoms. The molecule has 0 atom stereocenters. The van der Waals surface area contributed by atoms with E-state index in [-0.39, 0.29) is 5.91 Å². The Kier molecular flexibility index (Phi) is 3.25. The van der Waals surface area contributed by atoms with E-state index in [4.69, 9.17) is 5.73 Å². The van der Waals surface area contributed by atoms with E-state index in [1.807, 2.05) is 39.9 Å². The van der Waals surface area contributed by atoms with Crippen LogP contribution in [0.3, 0.4) is 0 Å². The molecule has 1 aliphatic heterocycles. The van der Waals surface area contributed by atoms with Crippen molar-refractivity contribution >= 4 is 28.6 Å². The number of nitrogens with two attached hydrogens (primary N) is 1. The van der Waals surface area contributed by atoms with Gasteiger partial charge in [0.05, 0.1) is 6.42 Å². The molecule has 1 amide bonds. The number of fused-ring (bicyclic) bond motifs is 1. The number of hydrogen-bond donors (Lipinski definition) is 1. The Hall–Kier alpha value is -1.81. The first-order chi connectivity index (χ1) is 9.24. The number of nitrogen functional groups attached to an aromatic ring is 1. The summed E-state index contributed by atoms with van der Waals surface area (Å²) in [5.41, 5.74) is 9.86. The SMILES string of the molecule is Nc1ccc2c(c1)N(C(=O)Cc1ccsc1)CCC2. The average molecular weight is 272 g/mol. The van der Waals surface area contributed by atoms with Crippen LogP contribution in [0, 0.1) is 0 Å². The summed E-state index contributed by atoms with van der Waals surface area (Å²) in [5.74, 6) is 0.157. The second-order valence-corrected chi connectivity index (χ2v) is 5.63. The van der Waals surface area contributed by atoms with Gasteiger partial charge in [0.2, 0.25) is 5.91 Å². The maximum Gasteiger partial charge on any atom is 0.231 e. The van der Waals surface area contributed by atoms with Crippen molar-refractivity contribution in [2.75, 3.05) is 17.2 Å². The molecule has 0 fully saturated rings. The van der Waals surface area contributed by atoms with Gasteiger partial charge >= 0.3 is 0 Å². The lowest BCUT2D eigenvalue weighted by molar-refractivity contribution is -0.118. The van der Waals surface area contributed by atoms with E-state index in [1.54, 1.807) is 11.3 Å². The molecule has 1 aromatic carbocycles. The predicted molar refractivity (Wildman–Crippen MR) is 79.6 cm³/mol. The Morgan fingerprint density at radius 2 is 2.26 bits per heavy atom. The lowest BCUT2D eigenvalue weighted by atomic mass is 10.0. The van der Waals surface area contributed by atoms with E-state index >= 15 is 0 Å². The molecule has 0 spiro atoms. The van der Waals surface area contributed by atoms with Crippen molar-refractivity contribution in [3.63, 3.8) is 0 Å². The first-order valence-corrected chi connectivity index (χ1v) is 7.38. The number of carbonyl (C=O) groups excluding carboxylic acids is 1. The third-order valence-corrected chi connectivity index (χ3v) is 4.20. The Balaban J connectivity index is 1.86. The Morgan fingerprint density at radius 3 is 3.05 bits per heavy atom. The minimum atomic E-state index is 0.157. The highest BCUT2D eigenvalue weighted by molar-refractivity contribution is 7.08. The quantitative estimate of drug-likeness (QED) is 0.854. The molecule has 2 N–H and O–H groups in total. The number of aryl methyl sites for hydroxylation is 1. The van der Waals surface area contributed by atoms with Gasteiger partial charge in [-0.3, -0.25) is 4.79 Å². The zero-order valence-corrected chi connectivity index (χ0v) is 11.5. The molecule has 0 aliphatic carbocycles. The second-order valence-electron chi connectivity index (χ2n) is 4.85. The van der Waals surface area contributed by atoms with Gasteiger partial charge in [-0.2, -0.15) is 11.3 Å². The number of benzene rings is 1. The maximum atomic E-state index is 12.4. The Bertz CT molecular complexity index is 592. The summed E-state index contributed by atoms with van der Waals surface area (Å²) in [7, 11) is 0. The van der Waals surface area contributed by atoms with Gasteiger partial charge in [0.15, 0.2) is 0 Å². The summed E-state index contributed by atoms with van der Waals surface area (Å²) in [6, 6.07) is 7.87. The molecule has 3 nitrogen and oxygen atoms in total. The van der Waals surface area contributed by atoms with Crippen LogP contribution in [-0.4, -0.2) is 12.5 Å². The number of hydrogen-bond acceptors (Lipinski definition) is 3. The Morgan fingerprint density at radius 1 is 1.37 bits per heavy atom. The number of amides is 1. The molecular weight excluding hydrogens is 256 g/mol. The third-order valence-electron chi connectivity index (χ3n) is 3.46. The van der Waals surface area contributed by atoms with Gasteiger partial charge in [0.25, 0.3) is 0 Å². The van der Waals surface area contributed by atoms with Crippen LogP contribution in [0.1, 0.15) is 17.5 Å². The van der Waals surface area contributed by atoms with Crippen molar-refractivity contribution < 1.29 is 4.79 Å². The number of carbonyl (C=O) groups is 1.